The molecule has 2 atom stereocenters. The third kappa shape index (κ3) is 47.3. The van der Waals surface area contributed by atoms with Gasteiger partial charge in [0, 0.05) is 0 Å². The number of hydrogen-bond donors (Lipinski definition) is 2. The molecule has 0 fully saturated rings. The first kappa shape index (κ1) is 88.4. The first-order chi connectivity index (χ1) is 42.9. The van der Waals surface area contributed by atoms with Gasteiger partial charge in [0.05, 0.1) is 0 Å². The number of carbonyl (C=O) groups excluding carboxylic acids is 2. The summed E-state index contributed by atoms with van der Waals surface area (Å²) in [4.78, 5) is 30.2. The van der Waals surface area contributed by atoms with E-state index in [4.69, 9.17) is 20.5 Å². The Morgan fingerprint density at radius 3 is 0.500 bits per heavy atom. The topological polar surface area (TPSA) is 105 Å². The van der Waals surface area contributed by atoms with Crippen molar-refractivity contribution in [1.29, 1.82) is 0 Å². The zero-order valence-electron chi connectivity index (χ0n) is 61.3. The van der Waals surface area contributed by atoms with Crippen LogP contribution in [-0.4, -0.2) is 84.8 Å². The maximum atomic E-state index is 15.1. The van der Waals surface area contributed by atoms with Crippen molar-refractivity contribution < 1.29 is 18.6 Å². The molecule has 530 valence electrons. The van der Waals surface area contributed by atoms with Crippen molar-refractivity contribution in [2.75, 3.05) is 60.8 Å². The van der Waals surface area contributed by atoms with E-state index in [9.17, 15) is 0 Å². The van der Waals surface area contributed by atoms with Crippen LogP contribution in [0, 0.1) is 0 Å². The Kier molecular flexibility index (Phi) is 62.5. The van der Waals surface area contributed by atoms with Crippen molar-refractivity contribution in [3.05, 3.63) is 0 Å². The fourth-order valence-corrected chi connectivity index (χ4v) is 29.6. The zero-order valence-corrected chi connectivity index (χ0v) is 64.7. The summed E-state index contributed by atoms with van der Waals surface area (Å²) in [6.45, 7) is 12.5. The van der Waals surface area contributed by atoms with Crippen molar-refractivity contribution in [3.8, 4) is 0 Å². The number of nitrogens with two attached hydrogens (primary N) is 2. The predicted molar refractivity (Wildman–Crippen MR) is 410 cm³/mol. The molecule has 0 heterocycles. The summed E-state index contributed by atoms with van der Waals surface area (Å²) >= 11 is 0. The van der Waals surface area contributed by atoms with Gasteiger partial charge >= 0.3 is 565 Å². The minimum atomic E-state index is -3.01. The van der Waals surface area contributed by atoms with Gasteiger partial charge in [-0.25, -0.2) is 0 Å². The standard InChI is InChI=1S/C78H162N2O4P2S2/c1-9-17-25-33-41-49-57-65-85(66-58-50-42-34-26-18-10-2,67-59-51-43-35-27-19-11-3,68-60-52-44-36-28-20-12-4)83-77(81)75(79)73-87-88-74-76(80)78(82)84-86(69-61-53-45-37-29-21-13-5,70-62-54-46-38-30-22-14-6,71-63-55-47-39-31-23-15-7)72-64-56-48-40-32-24-16-8/h75-76H,9-74,79-80H2,1-8H3/t75-,76-/m0/s1. The van der Waals surface area contributed by atoms with Gasteiger partial charge in [0.25, 0.3) is 0 Å². The van der Waals surface area contributed by atoms with Crippen LogP contribution >= 0.6 is 35.2 Å². The average molecular weight is 1320 g/mol. The Morgan fingerprint density at radius 2 is 0.364 bits per heavy atom. The van der Waals surface area contributed by atoms with E-state index in [1.165, 1.54) is 360 Å². The van der Waals surface area contributed by atoms with Gasteiger partial charge in [-0.2, -0.15) is 0 Å². The monoisotopic (exact) mass is 1320 g/mol. The molecular weight excluding hydrogens is 1150 g/mol. The van der Waals surface area contributed by atoms with E-state index < -0.39 is 25.7 Å². The molecule has 0 saturated heterocycles. The third-order valence-corrected chi connectivity index (χ3v) is 35.9. The molecule has 0 aromatic carbocycles. The van der Waals surface area contributed by atoms with Gasteiger partial charge in [-0.15, -0.1) is 0 Å². The molecule has 0 radical (unpaired) electrons. The number of rotatable bonds is 73. The molecular formula is C78H162N2O4P2S2. The quantitative estimate of drug-likeness (QED) is 0.0353. The molecule has 10 heteroatoms. The molecule has 6 nitrogen and oxygen atoms in total. The van der Waals surface area contributed by atoms with Gasteiger partial charge in [-0.05, 0) is 0 Å². The fourth-order valence-electron chi connectivity index (χ4n) is 14.5. The van der Waals surface area contributed by atoms with Crippen LogP contribution in [0.25, 0.3) is 0 Å². The van der Waals surface area contributed by atoms with E-state index >= 15 is 9.59 Å². The Hall–Kier alpha value is 0.420. The molecule has 0 aromatic rings. The molecule has 0 aliphatic rings. The summed E-state index contributed by atoms with van der Waals surface area (Å²) < 4.78 is 15.1. The molecule has 0 unspecified atom stereocenters. The van der Waals surface area contributed by atoms with E-state index in [0.717, 1.165) is 49.3 Å². The van der Waals surface area contributed by atoms with Crippen LogP contribution in [0.4, 0.5) is 0 Å². The van der Waals surface area contributed by atoms with E-state index in [-0.39, 0.29) is 11.9 Å². The minimum absolute atomic E-state index is 0.143. The van der Waals surface area contributed by atoms with Crippen LogP contribution in [0.2, 0.25) is 0 Å². The van der Waals surface area contributed by atoms with Gasteiger partial charge in [0.15, 0.2) is 0 Å². The molecule has 4 N–H and O–H groups in total. The van der Waals surface area contributed by atoms with Crippen LogP contribution < -0.4 is 11.5 Å². The second kappa shape index (κ2) is 62.2. The van der Waals surface area contributed by atoms with Crippen molar-refractivity contribution in [1.82, 2.24) is 0 Å². The Balaban J connectivity index is 7.03. The summed E-state index contributed by atoms with van der Waals surface area (Å²) in [5, 5.41) is 0. The number of hydrogen-bond acceptors (Lipinski definition) is 8. The molecule has 88 heavy (non-hydrogen) atoms. The molecule has 0 aliphatic heterocycles. The summed E-state index contributed by atoms with van der Waals surface area (Å²) in [7, 11) is 3.26. The van der Waals surface area contributed by atoms with E-state index in [0.29, 0.717) is 11.5 Å². The summed E-state index contributed by atoms with van der Waals surface area (Å²) in [5.74, 6) is 0.646. The Bertz CT molecular complexity index is 1230. The molecule has 0 amide bonds. The van der Waals surface area contributed by atoms with Crippen LogP contribution in [0.1, 0.15) is 415 Å². The van der Waals surface area contributed by atoms with Crippen LogP contribution in [0.15, 0.2) is 0 Å². The van der Waals surface area contributed by atoms with Gasteiger partial charge in [-0.1, -0.05) is 0 Å². The SMILES string of the molecule is CCCCCCCCCP(CCCCCCCCC)(CCCCCCCCC)(CCCCCCCCC)OC(=O)[C@@H](N)CSSC[C@H](N)C(=O)OP(CCCCCCCCC)(CCCCCCCCC)(CCCCCCCCC)CCCCCCCCC. The van der Waals surface area contributed by atoms with Crippen molar-refractivity contribution in [2.24, 2.45) is 11.5 Å². The maximum absolute atomic E-state index is 15.1. The molecule has 0 spiro atoms. The second-order valence-electron chi connectivity index (χ2n) is 29.1. The Morgan fingerprint density at radius 1 is 0.239 bits per heavy atom. The van der Waals surface area contributed by atoms with Crippen molar-refractivity contribution in [3.63, 3.8) is 0 Å². The third-order valence-electron chi connectivity index (χ3n) is 20.5. The summed E-state index contributed by atoms with van der Waals surface area (Å²) in [6.07, 6.45) is 80.5. The van der Waals surface area contributed by atoms with Crippen LogP contribution in [0.3, 0.4) is 0 Å². The number of carbonyl (C=O) groups is 2. The van der Waals surface area contributed by atoms with Gasteiger partial charge in [0.1, 0.15) is 0 Å². The summed E-state index contributed by atoms with van der Waals surface area (Å²) in [6, 6.07) is -1.41. The van der Waals surface area contributed by atoms with Crippen LogP contribution in [0.5, 0.6) is 0 Å². The normalized spacial score (nSPS) is 13.8. The van der Waals surface area contributed by atoms with Gasteiger partial charge in [0.2, 0.25) is 0 Å². The van der Waals surface area contributed by atoms with E-state index in [1.54, 1.807) is 21.6 Å². The van der Waals surface area contributed by atoms with Crippen molar-refractivity contribution in [2.45, 2.75) is 427 Å². The molecule has 0 saturated carbocycles. The van der Waals surface area contributed by atoms with Crippen LogP contribution in [-0.2, 0) is 18.6 Å². The molecule has 0 aliphatic carbocycles. The molecule has 0 rings (SSSR count). The fraction of sp³-hybridized carbons (Fsp3) is 0.974. The van der Waals surface area contributed by atoms with Gasteiger partial charge < -0.3 is 0 Å². The molecule has 0 aromatic heterocycles. The predicted octanol–water partition coefficient (Wildman–Crippen LogP) is 27.1. The Labute approximate surface area is 561 Å². The number of unbranched alkanes of at least 4 members (excludes halogenated alkanes) is 48. The van der Waals surface area contributed by atoms with Gasteiger partial charge in [-0.3, -0.25) is 0 Å². The second-order valence-corrected chi connectivity index (χ2v) is 43.0. The van der Waals surface area contributed by atoms with Crippen molar-refractivity contribution >= 4 is 47.2 Å². The first-order valence-corrected chi connectivity index (χ1v) is 48.5. The average Bonchev–Trinajstić information content (AvgIpc) is 1.71. The molecule has 0 bridgehead atoms. The summed E-state index contributed by atoms with van der Waals surface area (Å²) in [5.41, 5.74) is 14.2. The zero-order chi connectivity index (χ0) is 64.7. The van der Waals surface area contributed by atoms with E-state index in [1.807, 2.05) is 0 Å². The first-order valence-electron chi connectivity index (χ1n) is 40.2. The van der Waals surface area contributed by atoms with E-state index in [2.05, 4.69) is 55.4 Å².